The van der Waals surface area contributed by atoms with Gasteiger partial charge < -0.3 is 19.8 Å². The molecule has 0 saturated heterocycles. The van der Waals surface area contributed by atoms with Crippen molar-refractivity contribution in [1.29, 1.82) is 0 Å². The van der Waals surface area contributed by atoms with Gasteiger partial charge in [-0.15, -0.1) is 5.11 Å². The molecule has 0 aliphatic rings. The molecule has 0 fully saturated rings. The summed E-state index contributed by atoms with van der Waals surface area (Å²) in [6.07, 6.45) is 1.26. The van der Waals surface area contributed by atoms with E-state index in [1.165, 1.54) is 18.2 Å². The number of halogens is 1. The van der Waals surface area contributed by atoms with Crippen LogP contribution in [0.3, 0.4) is 0 Å². The van der Waals surface area contributed by atoms with Crippen molar-refractivity contribution in [3.8, 4) is 0 Å². The smallest absolute Gasteiger partial charge is 0.305 e. The zero-order valence-electron chi connectivity index (χ0n) is 19.0. The number of ether oxygens (including phenoxy) is 1. The van der Waals surface area contributed by atoms with E-state index in [1.54, 1.807) is 12.1 Å². The first-order valence-electron chi connectivity index (χ1n) is 11.0. The average Bonchev–Trinajstić information content (AvgIpc) is 2.84. The van der Waals surface area contributed by atoms with Crippen LogP contribution in [0.4, 0.5) is 22.7 Å². The molecule has 34 heavy (non-hydrogen) atoms. The number of likely N-dealkylation sites (N-methyl/N-ethyl adjacent to an activating group) is 1. The summed E-state index contributed by atoms with van der Waals surface area (Å²) in [5.41, 5.74) is 1.74. The van der Waals surface area contributed by atoms with Crippen LogP contribution in [0.5, 0.6) is 0 Å². The Morgan fingerprint density at radius 1 is 1.21 bits per heavy atom. The largest absolute Gasteiger partial charge is 0.464 e. The Morgan fingerprint density at radius 2 is 1.94 bits per heavy atom. The summed E-state index contributed by atoms with van der Waals surface area (Å²) < 4.78 is 5.29. The Bertz CT molecular complexity index is 970. The Kier molecular flexibility index (Phi) is 11.4. The number of non-ortho nitro benzene ring substituents is 1. The van der Waals surface area contributed by atoms with Crippen LogP contribution >= 0.6 is 11.6 Å². The molecule has 0 amide bonds. The predicted molar refractivity (Wildman–Crippen MR) is 129 cm³/mol. The van der Waals surface area contributed by atoms with Crippen LogP contribution in [0, 0.1) is 10.1 Å². The second-order valence-corrected chi connectivity index (χ2v) is 7.90. The molecule has 0 aliphatic heterocycles. The van der Waals surface area contributed by atoms with E-state index in [0.29, 0.717) is 37.2 Å². The molecule has 184 valence electrons. The van der Waals surface area contributed by atoms with Gasteiger partial charge in [-0.25, -0.2) is 0 Å². The molecule has 1 unspecified atom stereocenters. The van der Waals surface area contributed by atoms with Crippen molar-refractivity contribution in [3.05, 3.63) is 57.6 Å². The number of hydrogen-bond acceptors (Lipinski definition) is 9. The van der Waals surface area contributed by atoms with E-state index in [0.717, 1.165) is 12.2 Å². The summed E-state index contributed by atoms with van der Waals surface area (Å²) >= 11 is 6.03. The number of aliphatic hydroxyl groups excluding tert-OH is 2. The van der Waals surface area contributed by atoms with Gasteiger partial charge >= 0.3 is 5.97 Å². The molecular weight excluding hydrogens is 464 g/mol. The Hall–Kier alpha value is -3.08. The summed E-state index contributed by atoms with van der Waals surface area (Å²) in [4.78, 5) is 24.2. The molecule has 11 heteroatoms. The highest BCUT2D eigenvalue weighted by Crippen LogP contribution is 2.30. The SMILES string of the molecule is CCN(CCOC(=O)CCCCC(O)CO)c1ccc(N=Nc2ccc([N+](=O)[O-])cc2Cl)cc1. The van der Waals surface area contributed by atoms with Crippen molar-refractivity contribution in [1.82, 2.24) is 0 Å². The fourth-order valence-corrected chi connectivity index (χ4v) is 3.30. The van der Waals surface area contributed by atoms with E-state index >= 15 is 0 Å². The van der Waals surface area contributed by atoms with E-state index < -0.39 is 11.0 Å². The van der Waals surface area contributed by atoms with E-state index in [1.807, 2.05) is 19.1 Å². The number of unbranched alkanes of at least 4 members (excludes halogenated alkanes) is 1. The third kappa shape index (κ3) is 9.05. The van der Waals surface area contributed by atoms with Crippen molar-refractivity contribution < 1.29 is 24.7 Å². The van der Waals surface area contributed by atoms with Gasteiger partial charge in [-0.05, 0) is 50.1 Å². The molecule has 2 aromatic rings. The number of hydrogen-bond donors (Lipinski definition) is 2. The first kappa shape index (κ1) is 27.2. The predicted octanol–water partition coefficient (Wildman–Crippen LogP) is 4.95. The summed E-state index contributed by atoms with van der Waals surface area (Å²) in [5, 5.41) is 37.2. The van der Waals surface area contributed by atoms with Crippen LogP contribution in [-0.4, -0.2) is 53.5 Å². The molecular formula is C23H29ClN4O6. The number of benzene rings is 2. The van der Waals surface area contributed by atoms with Crippen LogP contribution in [-0.2, 0) is 9.53 Å². The lowest BCUT2D eigenvalue weighted by Crippen LogP contribution is -2.27. The standard InChI is InChI=1S/C23H29ClN4O6/c1-2-27(13-14-34-23(31)6-4-3-5-20(30)16-29)18-9-7-17(8-10-18)25-26-22-12-11-19(28(32)33)15-21(22)24/h7-12,15,20,29-30H,2-6,13-14,16H2,1H3. The highest BCUT2D eigenvalue weighted by molar-refractivity contribution is 6.33. The van der Waals surface area contributed by atoms with E-state index in [4.69, 9.17) is 21.4 Å². The van der Waals surface area contributed by atoms with Gasteiger partial charge in [0.1, 0.15) is 12.3 Å². The first-order chi connectivity index (χ1) is 16.3. The van der Waals surface area contributed by atoms with Gasteiger partial charge in [0, 0.05) is 30.8 Å². The normalized spacial score (nSPS) is 12.0. The third-order valence-electron chi connectivity index (χ3n) is 5.02. The van der Waals surface area contributed by atoms with Crippen molar-refractivity contribution in [2.75, 3.05) is 31.2 Å². The number of azo groups is 1. The second kappa shape index (κ2) is 14.2. The van der Waals surface area contributed by atoms with E-state index in [9.17, 15) is 20.0 Å². The van der Waals surface area contributed by atoms with Crippen LogP contribution in [0.15, 0.2) is 52.7 Å². The van der Waals surface area contributed by atoms with E-state index in [-0.39, 0.29) is 36.3 Å². The molecule has 0 heterocycles. The lowest BCUT2D eigenvalue weighted by Gasteiger charge is -2.23. The molecule has 0 spiro atoms. The average molecular weight is 493 g/mol. The van der Waals surface area contributed by atoms with Gasteiger partial charge in [0.15, 0.2) is 0 Å². The molecule has 0 bridgehead atoms. The minimum absolute atomic E-state index is 0.114. The third-order valence-corrected chi connectivity index (χ3v) is 5.32. The molecule has 10 nitrogen and oxygen atoms in total. The van der Waals surface area contributed by atoms with Crippen LogP contribution in [0.1, 0.15) is 32.6 Å². The quantitative estimate of drug-likeness (QED) is 0.125. The number of carbonyl (C=O) groups excluding carboxylic acids is 1. The Morgan fingerprint density at radius 3 is 2.56 bits per heavy atom. The number of carbonyl (C=O) groups is 1. The summed E-state index contributed by atoms with van der Waals surface area (Å²) in [7, 11) is 0. The minimum Gasteiger partial charge on any atom is -0.464 e. The zero-order valence-corrected chi connectivity index (χ0v) is 19.7. The maximum Gasteiger partial charge on any atom is 0.305 e. The molecule has 0 aliphatic carbocycles. The van der Waals surface area contributed by atoms with Crippen molar-refractivity contribution in [2.24, 2.45) is 10.2 Å². The number of nitrogens with zero attached hydrogens (tertiary/aromatic N) is 4. The number of esters is 1. The summed E-state index contributed by atoms with van der Waals surface area (Å²) in [6.45, 7) is 3.24. The fraction of sp³-hybridized carbons (Fsp3) is 0.435. The van der Waals surface area contributed by atoms with E-state index in [2.05, 4.69) is 15.1 Å². The van der Waals surface area contributed by atoms with Crippen LogP contribution < -0.4 is 4.90 Å². The second-order valence-electron chi connectivity index (χ2n) is 7.49. The number of anilines is 1. The van der Waals surface area contributed by atoms with Crippen molar-refractivity contribution >= 4 is 40.3 Å². The number of rotatable bonds is 14. The topological polar surface area (TPSA) is 138 Å². The lowest BCUT2D eigenvalue weighted by atomic mass is 10.1. The van der Waals surface area contributed by atoms with Gasteiger partial charge in [0.05, 0.1) is 34.9 Å². The summed E-state index contributed by atoms with van der Waals surface area (Å²) in [5.74, 6) is -0.282. The summed E-state index contributed by atoms with van der Waals surface area (Å²) in [6, 6.07) is 11.3. The monoisotopic (exact) mass is 492 g/mol. The molecule has 0 radical (unpaired) electrons. The minimum atomic E-state index is -0.734. The molecule has 0 saturated carbocycles. The molecule has 1 atom stereocenters. The van der Waals surface area contributed by atoms with Gasteiger partial charge in [0.25, 0.3) is 5.69 Å². The maximum absolute atomic E-state index is 11.9. The van der Waals surface area contributed by atoms with Crippen molar-refractivity contribution in [2.45, 2.75) is 38.7 Å². The van der Waals surface area contributed by atoms with Gasteiger partial charge in [-0.3, -0.25) is 14.9 Å². The number of nitro groups is 1. The zero-order chi connectivity index (χ0) is 24.9. The molecule has 2 rings (SSSR count). The number of nitro benzene ring substituents is 1. The Labute approximate surface area is 203 Å². The van der Waals surface area contributed by atoms with Gasteiger partial charge in [0.2, 0.25) is 0 Å². The first-order valence-corrected chi connectivity index (χ1v) is 11.4. The van der Waals surface area contributed by atoms with Crippen molar-refractivity contribution in [3.63, 3.8) is 0 Å². The lowest BCUT2D eigenvalue weighted by molar-refractivity contribution is -0.384. The van der Waals surface area contributed by atoms with Gasteiger partial charge in [-0.1, -0.05) is 18.0 Å². The fourth-order valence-electron chi connectivity index (χ4n) is 3.08. The maximum atomic E-state index is 11.9. The van der Waals surface area contributed by atoms with Crippen LogP contribution in [0.25, 0.3) is 0 Å². The molecule has 2 aromatic carbocycles. The highest BCUT2D eigenvalue weighted by Gasteiger charge is 2.10. The molecule has 0 aromatic heterocycles. The molecule has 2 N–H and O–H groups in total. The Balaban J connectivity index is 1.82. The van der Waals surface area contributed by atoms with Crippen LogP contribution in [0.2, 0.25) is 5.02 Å². The van der Waals surface area contributed by atoms with Gasteiger partial charge in [-0.2, -0.15) is 5.11 Å². The highest BCUT2D eigenvalue weighted by atomic mass is 35.5. The number of aliphatic hydroxyl groups is 2.